The van der Waals surface area contributed by atoms with Crippen LogP contribution in [-0.4, -0.2) is 37.5 Å². The lowest BCUT2D eigenvalue weighted by Crippen LogP contribution is -2.40. The minimum Gasteiger partial charge on any atom is -0.467 e. The molecule has 0 spiro atoms. The van der Waals surface area contributed by atoms with Gasteiger partial charge in [-0.05, 0) is 18.9 Å². The molecule has 0 bridgehead atoms. The van der Waals surface area contributed by atoms with Crippen molar-refractivity contribution in [3.63, 3.8) is 0 Å². The average Bonchev–Trinajstić information content (AvgIpc) is 2.31. The highest BCUT2D eigenvalue weighted by atomic mass is 16.5. The normalized spacial score (nSPS) is 11.1. The first-order valence-corrected chi connectivity index (χ1v) is 5.07. The number of rotatable bonds is 7. The summed E-state index contributed by atoms with van der Waals surface area (Å²) in [5.41, 5.74) is 10.3. The number of nitrogens with zero attached hydrogens (tertiary/aromatic N) is 1. The summed E-state index contributed by atoms with van der Waals surface area (Å²) in [6, 6.07) is -0.709. The number of ether oxygens (including phenoxy) is 1. The average molecular weight is 242 g/mol. The second-order valence-electron chi connectivity index (χ2n) is 3.24. The highest BCUT2D eigenvalue weighted by molar-refractivity contribution is 5.90. The first-order chi connectivity index (χ1) is 8.01. The number of amides is 1. The molecule has 0 saturated carbocycles. The lowest BCUT2D eigenvalue weighted by molar-refractivity contribution is -0.144. The van der Waals surface area contributed by atoms with Crippen molar-refractivity contribution in [2.75, 3.05) is 13.7 Å². The van der Waals surface area contributed by atoms with E-state index in [9.17, 15) is 9.59 Å². The zero-order valence-electron chi connectivity index (χ0n) is 9.81. The van der Waals surface area contributed by atoms with Crippen molar-refractivity contribution < 1.29 is 14.3 Å². The van der Waals surface area contributed by atoms with Crippen LogP contribution in [-0.2, 0) is 14.3 Å². The number of aliphatic imine (C=N–C) groups is 1. The molecule has 0 unspecified atom stereocenters. The molecule has 1 amide bonds. The van der Waals surface area contributed by atoms with Crippen molar-refractivity contribution in [3.8, 4) is 0 Å². The molecule has 0 aromatic carbocycles. The minimum atomic E-state index is -0.709. The molecule has 0 fully saturated rings. The maximum atomic E-state index is 11.3. The zero-order valence-corrected chi connectivity index (χ0v) is 9.81. The number of nitrogens with two attached hydrogens (primary N) is 2. The molecule has 5 N–H and O–H groups in total. The highest BCUT2D eigenvalue weighted by Gasteiger charge is 2.19. The third kappa shape index (κ3) is 6.93. The number of nitrogens with one attached hydrogen (secondary N) is 1. The van der Waals surface area contributed by atoms with Crippen LogP contribution < -0.4 is 16.8 Å². The second kappa shape index (κ2) is 8.14. The van der Waals surface area contributed by atoms with E-state index in [-0.39, 0.29) is 5.96 Å². The smallest absolute Gasteiger partial charge is 0.328 e. The number of hydrogen-bond donors (Lipinski definition) is 3. The molecule has 0 heterocycles. The third-order valence-electron chi connectivity index (χ3n) is 1.93. The predicted molar refractivity (Wildman–Crippen MR) is 64.1 cm³/mol. The van der Waals surface area contributed by atoms with Crippen LogP contribution in [0, 0.1) is 0 Å². The lowest BCUT2D eigenvalue weighted by Gasteiger charge is -2.14. The van der Waals surface area contributed by atoms with E-state index in [1.165, 1.54) is 7.11 Å². The van der Waals surface area contributed by atoms with Crippen LogP contribution in [0.5, 0.6) is 0 Å². The van der Waals surface area contributed by atoms with Crippen molar-refractivity contribution in [1.29, 1.82) is 0 Å². The molecular formula is C10H18N4O3. The number of carbonyl (C=O) groups excluding carboxylic acids is 2. The molecule has 0 aliphatic carbocycles. The Kier molecular flexibility index (Phi) is 7.16. The molecule has 96 valence electrons. The van der Waals surface area contributed by atoms with Crippen LogP contribution in [0.2, 0.25) is 0 Å². The van der Waals surface area contributed by atoms with Gasteiger partial charge in [0.25, 0.3) is 0 Å². The summed E-state index contributed by atoms with van der Waals surface area (Å²) in [5, 5.41) is 2.46. The van der Waals surface area contributed by atoms with Gasteiger partial charge in [0, 0.05) is 6.54 Å². The molecule has 0 radical (unpaired) electrons. The van der Waals surface area contributed by atoms with Crippen LogP contribution in [0.4, 0.5) is 0 Å². The number of carbonyl (C=O) groups is 2. The molecule has 0 aromatic heterocycles. The summed E-state index contributed by atoms with van der Waals surface area (Å²) in [7, 11) is 1.26. The third-order valence-corrected chi connectivity index (χ3v) is 1.93. The number of guanidine groups is 1. The topological polar surface area (TPSA) is 120 Å². The van der Waals surface area contributed by atoms with Gasteiger partial charge in [0.05, 0.1) is 7.11 Å². The van der Waals surface area contributed by atoms with E-state index in [1.54, 1.807) is 0 Å². The maximum Gasteiger partial charge on any atom is 0.328 e. The first-order valence-electron chi connectivity index (χ1n) is 5.07. The van der Waals surface area contributed by atoms with Gasteiger partial charge in [-0.1, -0.05) is 6.58 Å². The molecule has 0 aliphatic heterocycles. The number of esters is 1. The van der Waals surface area contributed by atoms with Crippen LogP contribution in [0.3, 0.4) is 0 Å². The molecule has 0 saturated heterocycles. The Hall–Kier alpha value is -2.05. The van der Waals surface area contributed by atoms with E-state index in [4.69, 9.17) is 11.5 Å². The van der Waals surface area contributed by atoms with Gasteiger partial charge >= 0.3 is 5.97 Å². The Bertz CT molecular complexity index is 311. The second-order valence-corrected chi connectivity index (χ2v) is 3.24. The van der Waals surface area contributed by atoms with E-state index in [0.717, 1.165) is 6.08 Å². The Morgan fingerprint density at radius 3 is 2.65 bits per heavy atom. The SMILES string of the molecule is C=CC(=O)N[C@@H](CCCN=C(N)N)C(=O)OC. The van der Waals surface area contributed by atoms with Crippen molar-refractivity contribution in [1.82, 2.24) is 5.32 Å². The summed E-state index contributed by atoms with van der Waals surface area (Å²) < 4.78 is 4.56. The van der Waals surface area contributed by atoms with Crippen LogP contribution in [0.1, 0.15) is 12.8 Å². The molecule has 1 atom stereocenters. The van der Waals surface area contributed by atoms with Gasteiger partial charge in [0.1, 0.15) is 6.04 Å². The Labute approximate surface area is 99.9 Å². The Morgan fingerprint density at radius 1 is 1.53 bits per heavy atom. The zero-order chi connectivity index (χ0) is 13.3. The van der Waals surface area contributed by atoms with Crippen molar-refractivity contribution in [2.45, 2.75) is 18.9 Å². The Balaban J connectivity index is 4.20. The fraction of sp³-hybridized carbons (Fsp3) is 0.500. The molecule has 7 nitrogen and oxygen atoms in total. The Morgan fingerprint density at radius 2 is 2.18 bits per heavy atom. The van der Waals surface area contributed by atoms with Crippen LogP contribution >= 0.6 is 0 Å². The molecule has 17 heavy (non-hydrogen) atoms. The van der Waals surface area contributed by atoms with Crippen LogP contribution in [0.15, 0.2) is 17.6 Å². The molecular weight excluding hydrogens is 224 g/mol. The first kappa shape index (κ1) is 14.9. The van der Waals surface area contributed by atoms with Gasteiger partial charge in [-0.15, -0.1) is 0 Å². The molecule has 0 aromatic rings. The van der Waals surface area contributed by atoms with Crippen molar-refractivity contribution in [2.24, 2.45) is 16.5 Å². The summed E-state index contributed by atoms with van der Waals surface area (Å²) in [4.78, 5) is 26.2. The number of methoxy groups -OCH3 is 1. The predicted octanol–water partition coefficient (Wildman–Crippen LogP) is -1.12. The summed E-state index contributed by atoms with van der Waals surface area (Å²) in [6.45, 7) is 3.69. The lowest BCUT2D eigenvalue weighted by atomic mass is 10.1. The van der Waals surface area contributed by atoms with Gasteiger partial charge in [-0.25, -0.2) is 4.79 Å². The summed E-state index contributed by atoms with van der Waals surface area (Å²) in [5.74, 6) is -0.943. The van der Waals surface area contributed by atoms with E-state index in [1.807, 2.05) is 0 Å². The van der Waals surface area contributed by atoms with Gasteiger partial charge < -0.3 is 21.5 Å². The van der Waals surface area contributed by atoms with Gasteiger partial charge in [0.2, 0.25) is 5.91 Å². The molecule has 0 aliphatic rings. The molecule has 0 rings (SSSR count). The quantitative estimate of drug-likeness (QED) is 0.172. The largest absolute Gasteiger partial charge is 0.467 e. The van der Waals surface area contributed by atoms with E-state index in [0.29, 0.717) is 19.4 Å². The maximum absolute atomic E-state index is 11.3. The fourth-order valence-corrected chi connectivity index (χ4v) is 1.13. The van der Waals surface area contributed by atoms with Gasteiger partial charge in [-0.3, -0.25) is 9.79 Å². The van der Waals surface area contributed by atoms with Gasteiger partial charge in [-0.2, -0.15) is 0 Å². The monoisotopic (exact) mass is 242 g/mol. The van der Waals surface area contributed by atoms with Crippen molar-refractivity contribution >= 4 is 17.8 Å². The summed E-state index contributed by atoms with van der Waals surface area (Å²) >= 11 is 0. The minimum absolute atomic E-state index is 0.00487. The van der Waals surface area contributed by atoms with Crippen molar-refractivity contribution in [3.05, 3.63) is 12.7 Å². The molecule has 7 heteroatoms. The fourth-order valence-electron chi connectivity index (χ4n) is 1.13. The van der Waals surface area contributed by atoms with E-state index in [2.05, 4.69) is 21.6 Å². The van der Waals surface area contributed by atoms with Crippen LogP contribution in [0.25, 0.3) is 0 Å². The van der Waals surface area contributed by atoms with Gasteiger partial charge in [0.15, 0.2) is 5.96 Å². The summed E-state index contributed by atoms with van der Waals surface area (Å²) in [6.07, 6.45) is 2.03. The highest BCUT2D eigenvalue weighted by Crippen LogP contribution is 2.00. The van der Waals surface area contributed by atoms with E-state index >= 15 is 0 Å². The standard InChI is InChI=1S/C10H18N4O3/c1-3-8(15)14-7(9(16)17-2)5-4-6-13-10(11)12/h3,7H,1,4-6H2,2H3,(H,14,15)(H4,11,12,13)/t7-/m0/s1. The van der Waals surface area contributed by atoms with E-state index < -0.39 is 17.9 Å². The number of hydrogen-bond acceptors (Lipinski definition) is 4.